The van der Waals surface area contributed by atoms with Crippen molar-refractivity contribution in [1.82, 2.24) is 5.32 Å². The first-order chi connectivity index (χ1) is 9.64. The van der Waals surface area contributed by atoms with Crippen LogP contribution in [0.4, 0.5) is 4.79 Å². The number of aromatic hydroxyl groups is 1. The molecular weight excluding hydrogens is 274 g/mol. The number of amides is 1. The number of rotatable bonds is 3. The Labute approximate surface area is 124 Å². The molecule has 0 aliphatic carbocycles. The quantitative estimate of drug-likeness (QED) is 0.837. The molecule has 0 aliphatic heterocycles. The zero-order chi connectivity index (χ0) is 16.2. The van der Waals surface area contributed by atoms with Crippen LogP contribution in [-0.4, -0.2) is 29.9 Å². The van der Waals surface area contributed by atoms with Gasteiger partial charge >= 0.3 is 12.1 Å². The van der Waals surface area contributed by atoms with Gasteiger partial charge in [0.25, 0.3) is 0 Å². The Hall–Kier alpha value is -2.24. The highest BCUT2D eigenvalue weighted by atomic mass is 16.6. The molecule has 0 saturated carbocycles. The number of carbonyl (C=O) groups excluding carboxylic acids is 2. The van der Waals surface area contributed by atoms with Crippen LogP contribution in [0.15, 0.2) is 18.2 Å². The van der Waals surface area contributed by atoms with Gasteiger partial charge in [-0.2, -0.15) is 0 Å². The maximum Gasteiger partial charge on any atom is 0.408 e. The van der Waals surface area contributed by atoms with Crippen LogP contribution in [0.3, 0.4) is 0 Å². The molecule has 1 aromatic carbocycles. The van der Waals surface area contributed by atoms with Gasteiger partial charge < -0.3 is 19.9 Å². The van der Waals surface area contributed by atoms with E-state index in [1.165, 1.54) is 19.2 Å². The number of carbonyl (C=O) groups is 2. The zero-order valence-corrected chi connectivity index (χ0v) is 12.9. The molecule has 0 saturated heterocycles. The van der Waals surface area contributed by atoms with Gasteiger partial charge in [-0.05, 0) is 51.0 Å². The minimum atomic E-state index is -0.995. The Balaban J connectivity index is 3.01. The summed E-state index contributed by atoms with van der Waals surface area (Å²) in [6.07, 6.45) is -0.717. The molecule has 0 aromatic heterocycles. The highest BCUT2D eigenvalue weighted by Crippen LogP contribution is 2.23. The molecule has 21 heavy (non-hydrogen) atoms. The van der Waals surface area contributed by atoms with Crippen LogP contribution in [0.25, 0.3) is 0 Å². The van der Waals surface area contributed by atoms with Gasteiger partial charge in [-0.25, -0.2) is 9.59 Å². The second-order valence-corrected chi connectivity index (χ2v) is 5.64. The maximum atomic E-state index is 11.9. The number of alkyl carbamates (subject to hydrolysis) is 1. The molecule has 0 radical (unpaired) electrons. The second-order valence-electron chi connectivity index (χ2n) is 5.64. The van der Waals surface area contributed by atoms with Crippen molar-refractivity contribution in [3.05, 3.63) is 29.3 Å². The molecule has 0 aliphatic rings. The summed E-state index contributed by atoms with van der Waals surface area (Å²) < 4.78 is 9.85. The minimum Gasteiger partial charge on any atom is -0.508 e. The van der Waals surface area contributed by atoms with Gasteiger partial charge in [-0.15, -0.1) is 0 Å². The fourth-order valence-corrected chi connectivity index (χ4v) is 1.79. The first-order valence-electron chi connectivity index (χ1n) is 6.51. The van der Waals surface area contributed by atoms with E-state index in [2.05, 4.69) is 5.32 Å². The lowest BCUT2D eigenvalue weighted by Gasteiger charge is -2.23. The van der Waals surface area contributed by atoms with Gasteiger partial charge in [0.05, 0.1) is 7.11 Å². The van der Waals surface area contributed by atoms with Crippen LogP contribution in [0.5, 0.6) is 5.75 Å². The summed E-state index contributed by atoms with van der Waals surface area (Å²) in [6.45, 7) is 6.91. The number of methoxy groups -OCH3 is 1. The highest BCUT2D eigenvalue weighted by molar-refractivity contribution is 5.83. The van der Waals surface area contributed by atoms with Crippen LogP contribution in [0.2, 0.25) is 0 Å². The van der Waals surface area contributed by atoms with Crippen LogP contribution in [0, 0.1) is 6.92 Å². The number of hydrogen-bond donors (Lipinski definition) is 2. The van der Waals surface area contributed by atoms with Crippen LogP contribution >= 0.6 is 0 Å². The molecule has 116 valence electrons. The third-order valence-corrected chi connectivity index (χ3v) is 2.66. The molecule has 1 amide bonds. The van der Waals surface area contributed by atoms with E-state index < -0.39 is 23.7 Å². The minimum absolute atomic E-state index is 0.0807. The predicted molar refractivity (Wildman–Crippen MR) is 77.0 cm³/mol. The summed E-state index contributed by atoms with van der Waals surface area (Å²) in [4.78, 5) is 23.7. The van der Waals surface area contributed by atoms with E-state index in [0.29, 0.717) is 11.1 Å². The molecule has 0 heterocycles. The summed E-state index contributed by atoms with van der Waals surface area (Å²) in [5.41, 5.74) is 0.515. The highest BCUT2D eigenvalue weighted by Gasteiger charge is 2.27. The van der Waals surface area contributed by atoms with Crippen molar-refractivity contribution in [2.45, 2.75) is 39.3 Å². The lowest BCUT2D eigenvalue weighted by molar-refractivity contribution is -0.143. The Morgan fingerprint density at radius 3 is 2.38 bits per heavy atom. The van der Waals surface area contributed by atoms with Crippen molar-refractivity contribution in [1.29, 1.82) is 0 Å². The fourth-order valence-electron chi connectivity index (χ4n) is 1.79. The number of esters is 1. The molecule has 1 rings (SSSR count). The Bertz CT molecular complexity index is 533. The smallest absolute Gasteiger partial charge is 0.408 e. The third kappa shape index (κ3) is 4.98. The molecule has 0 unspecified atom stereocenters. The van der Waals surface area contributed by atoms with Crippen molar-refractivity contribution in [3.8, 4) is 5.75 Å². The number of ether oxygens (including phenoxy) is 2. The van der Waals surface area contributed by atoms with Crippen molar-refractivity contribution in [2.24, 2.45) is 0 Å². The first-order valence-corrected chi connectivity index (χ1v) is 6.51. The fraction of sp³-hybridized carbons (Fsp3) is 0.467. The monoisotopic (exact) mass is 295 g/mol. The summed E-state index contributed by atoms with van der Waals surface area (Å²) in [6, 6.07) is 3.51. The lowest BCUT2D eigenvalue weighted by atomic mass is 10.0. The average Bonchev–Trinajstić information content (AvgIpc) is 2.33. The van der Waals surface area contributed by atoms with Crippen molar-refractivity contribution >= 4 is 12.1 Å². The molecule has 1 aromatic rings. The number of phenols is 1. The standard InChI is InChI=1S/C15H21NO5/c1-9-8-10(17)6-7-11(9)12(13(18)20-5)16-14(19)21-15(2,3)4/h6-8,12,17H,1-5H3,(H,16,19)/t12-/m1/s1. The van der Waals surface area contributed by atoms with Crippen LogP contribution < -0.4 is 5.32 Å². The Kier molecular flexibility index (Phi) is 5.18. The molecule has 1 atom stereocenters. The second kappa shape index (κ2) is 6.47. The van der Waals surface area contributed by atoms with Crippen LogP contribution in [0.1, 0.15) is 37.9 Å². The van der Waals surface area contributed by atoms with Crippen molar-refractivity contribution in [3.63, 3.8) is 0 Å². The third-order valence-electron chi connectivity index (χ3n) is 2.66. The van der Waals surface area contributed by atoms with E-state index in [9.17, 15) is 14.7 Å². The van der Waals surface area contributed by atoms with Gasteiger partial charge in [0.15, 0.2) is 6.04 Å². The van der Waals surface area contributed by atoms with Crippen molar-refractivity contribution < 1.29 is 24.2 Å². The van der Waals surface area contributed by atoms with Gasteiger partial charge in [-0.3, -0.25) is 0 Å². The average molecular weight is 295 g/mol. The molecule has 0 fully saturated rings. The predicted octanol–water partition coefficient (Wildman–Crippen LogP) is 2.44. The molecule has 0 spiro atoms. The van der Waals surface area contributed by atoms with E-state index in [0.717, 1.165) is 0 Å². The van der Waals surface area contributed by atoms with Gasteiger partial charge in [0, 0.05) is 0 Å². The topological polar surface area (TPSA) is 84.9 Å². The number of benzene rings is 1. The van der Waals surface area contributed by atoms with Crippen molar-refractivity contribution in [2.75, 3.05) is 7.11 Å². The normalized spacial score (nSPS) is 12.4. The Morgan fingerprint density at radius 1 is 1.29 bits per heavy atom. The Morgan fingerprint density at radius 2 is 1.90 bits per heavy atom. The maximum absolute atomic E-state index is 11.9. The first kappa shape index (κ1) is 16.8. The van der Waals surface area contributed by atoms with E-state index >= 15 is 0 Å². The summed E-state index contributed by atoms with van der Waals surface area (Å²) in [5.74, 6) is -0.535. The molecular formula is C15H21NO5. The van der Waals surface area contributed by atoms with Crippen LogP contribution in [-0.2, 0) is 14.3 Å². The number of hydrogen-bond acceptors (Lipinski definition) is 5. The van der Waals surface area contributed by atoms with E-state index in [1.807, 2.05) is 0 Å². The molecule has 2 N–H and O–H groups in total. The van der Waals surface area contributed by atoms with E-state index in [4.69, 9.17) is 9.47 Å². The SMILES string of the molecule is COC(=O)[C@H](NC(=O)OC(C)(C)C)c1ccc(O)cc1C. The summed E-state index contributed by atoms with van der Waals surface area (Å²) in [7, 11) is 1.24. The van der Waals surface area contributed by atoms with Gasteiger partial charge in [0.1, 0.15) is 11.4 Å². The number of aryl methyl sites for hydroxylation is 1. The van der Waals surface area contributed by atoms with Gasteiger partial charge in [0.2, 0.25) is 0 Å². The lowest BCUT2D eigenvalue weighted by Crippen LogP contribution is -2.38. The molecule has 6 nitrogen and oxygen atoms in total. The summed E-state index contributed by atoms with van der Waals surface area (Å²) in [5, 5.41) is 11.9. The van der Waals surface area contributed by atoms with Gasteiger partial charge in [-0.1, -0.05) is 6.07 Å². The number of nitrogens with one attached hydrogen (secondary N) is 1. The zero-order valence-electron chi connectivity index (χ0n) is 12.9. The van der Waals surface area contributed by atoms with E-state index in [1.54, 1.807) is 33.8 Å². The molecule has 0 bridgehead atoms. The van der Waals surface area contributed by atoms with E-state index in [-0.39, 0.29) is 5.75 Å². The largest absolute Gasteiger partial charge is 0.508 e. The summed E-state index contributed by atoms with van der Waals surface area (Å²) >= 11 is 0. The molecule has 6 heteroatoms. The number of phenolic OH excluding ortho intramolecular Hbond substituents is 1.